The van der Waals surface area contributed by atoms with E-state index in [1.54, 1.807) is 7.11 Å². The summed E-state index contributed by atoms with van der Waals surface area (Å²) in [4.78, 5) is 20.7. The summed E-state index contributed by atoms with van der Waals surface area (Å²) in [5.74, 6) is 0.989. The van der Waals surface area contributed by atoms with Crippen LogP contribution in [0.1, 0.15) is 16.1 Å². The summed E-state index contributed by atoms with van der Waals surface area (Å²) in [5, 5.41) is 5.95. The summed E-state index contributed by atoms with van der Waals surface area (Å²) in [5.41, 5.74) is 2.82. The van der Waals surface area contributed by atoms with E-state index in [4.69, 9.17) is 4.74 Å². The van der Waals surface area contributed by atoms with Gasteiger partial charge in [-0.25, -0.2) is 9.97 Å². The van der Waals surface area contributed by atoms with Gasteiger partial charge < -0.3 is 15.4 Å². The van der Waals surface area contributed by atoms with Crippen molar-refractivity contribution in [2.45, 2.75) is 6.92 Å². The van der Waals surface area contributed by atoms with Gasteiger partial charge in [-0.15, -0.1) is 0 Å². The lowest BCUT2D eigenvalue weighted by Crippen LogP contribution is -2.15. The number of nitrogens with one attached hydrogen (secondary N) is 2. The van der Waals surface area contributed by atoms with Crippen LogP contribution in [0.2, 0.25) is 0 Å². The molecule has 25 heavy (non-hydrogen) atoms. The van der Waals surface area contributed by atoms with Crippen molar-refractivity contribution >= 4 is 23.1 Å². The molecule has 3 rings (SSSR count). The molecule has 3 aromatic rings. The van der Waals surface area contributed by atoms with E-state index in [1.807, 2.05) is 55.5 Å². The maximum Gasteiger partial charge on any atom is 0.275 e. The van der Waals surface area contributed by atoms with Gasteiger partial charge in [0.1, 0.15) is 17.3 Å². The molecule has 0 bridgehead atoms. The number of aromatic nitrogens is 2. The van der Waals surface area contributed by atoms with Crippen molar-refractivity contribution in [2.24, 2.45) is 0 Å². The van der Waals surface area contributed by atoms with Gasteiger partial charge in [0.25, 0.3) is 5.91 Å². The molecule has 0 aliphatic rings. The Bertz CT molecular complexity index is 879. The number of carbonyl (C=O) groups excluding carboxylic acids is 1. The molecule has 126 valence electrons. The molecule has 0 fully saturated rings. The minimum absolute atomic E-state index is 0.249. The lowest BCUT2D eigenvalue weighted by Gasteiger charge is -2.09. The molecule has 1 amide bonds. The zero-order chi connectivity index (χ0) is 17.6. The normalized spacial score (nSPS) is 10.2. The summed E-state index contributed by atoms with van der Waals surface area (Å²) in [6.45, 7) is 1.93. The summed E-state index contributed by atoms with van der Waals surface area (Å²) in [7, 11) is 1.61. The number of ether oxygens (including phenoxy) is 1. The minimum atomic E-state index is -0.297. The predicted octanol–water partition coefficient (Wildman–Crippen LogP) is 3.79. The van der Waals surface area contributed by atoms with Gasteiger partial charge in [0.05, 0.1) is 19.5 Å². The van der Waals surface area contributed by atoms with E-state index in [9.17, 15) is 4.79 Å². The fourth-order valence-corrected chi connectivity index (χ4v) is 2.26. The largest absolute Gasteiger partial charge is 0.497 e. The Morgan fingerprint density at radius 2 is 1.88 bits per heavy atom. The molecule has 6 nitrogen and oxygen atoms in total. The second-order valence-corrected chi connectivity index (χ2v) is 5.41. The molecule has 2 N–H and O–H groups in total. The van der Waals surface area contributed by atoms with Crippen LogP contribution < -0.4 is 15.4 Å². The molecule has 0 saturated carbocycles. The first-order valence-corrected chi connectivity index (χ1v) is 7.76. The molecular weight excluding hydrogens is 316 g/mol. The first-order valence-electron chi connectivity index (χ1n) is 7.76. The second-order valence-electron chi connectivity index (χ2n) is 5.41. The van der Waals surface area contributed by atoms with E-state index in [0.717, 1.165) is 22.7 Å². The van der Waals surface area contributed by atoms with E-state index in [2.05, 4.69) is 20.6 Å². The molecule has 1 aromatic heterocycles. The summed E-state index contributed by atoms with van der Waals surface area (Å²) in [6.07, 6.45) is 2.96. The molecule has 0 atom stereocenters. The third-order valence-corrected chi connectivity index (χ3v) is 3.62. The molecule has 0 saturated heterocycles. The van der Waals surface area contributed by atoms with Crippen LogP contribution in [0.15, 0.2) is 60.9 Å². The third-order valence-electron chi connectivity index (χ3n) is 3.62. The number of methoxy groups -OCH3 is 1. The summed E-state index contributed by atoms with van der Waals surface area (Å²) >= 11 is 0. The van der Waals surface area contributed by atoms with Crippen LogP contribution in [-0.2, 0) is 0 Å². The van der Waals surface area contributed by atoms with Crippen molar-refractivity contribution in [3.8, 4) is 5.75 Å². The molecule has 2 aromatic carbocycles. The fraction of sp³-hybridized carbons (Fsp3) is 0.105. The van der Waals surface area contributed by atoms with Crippen LogP contribution in [0.4, 0.5) is 17.2 Å². The quantitative estimate of drug-likeness (QED) is 0.742. The van der Waals surface area contributed by atoms with Crippen LogP contribution in [0.3, 0.4) is 0 Å². The number of aryl methyl sites for hydroxylation is 1. The van der Waals surface area contributed by atoms with E-state index >= 15 is 0 Å². The highest BCUT2D eigenvalue weighted by Gasteiger charge is 2.10. The maximum atomic E-state index is 12.3. The predicted molar refractivity (Wildman–Crippen MR) is 97.4 cm³/mol. The zero-order valence-electron chi connectivity index (χ0n) is 14.0. The minimum Gasteiger partial charge on any atom is -0.497 e. The van der Waals surface area contributed by atoms with Crippen molar-refractivity contribution in [3.63, 3.8) is 0 Å². The second kappa shape index (κ2) is 7.44. The smallest absolute Gasteiger partial charge is 0.275 e. The highest BCUT2D eigenvalue weighted by molar-refractivity contribution is 6.03. The maximum absolute atomic E-state index is 12.3. The number of carbonyl (C=O) groups is 1. The lowest BCUT2D eigenvalue weighted by molar-refractivity contribution is 0.102. The summed E-state index contributed by atoms with van der Waals surface area (Å²) in [6, 6.07) is 15.0. The Labute approximate surface area is 145 Å². The summed E-state index contributed by atoms with van der Waals surface area (Å²) < 4.78 is 5.18. The van der Waals surface area contributed by atoms with E-state index < -0.39 is 0 Å². The Hall–Kier alpha value is -3.41. The van der Waals surface area contributed by atoms with Crippen molar-refractivity contribution in [3.05, 3.63) is 72.2 Å². The molecule has 0 aliphatic heterocycles. The van der Waals surface area contributed by atoms with E-state index in [-0.39, 0.29) is 11.6 Å². The lowest BCUT2D eigenvalue weighted by atomic mass is 10.2. The monoisotopic (exact) mass is 334 g/mol. The molecule has 0 spiro atoms. The zero-order valence-corrected chi connectivity index (χ0v) is 14.0. The molecule has 0 radical (unpaired) electrons. The molecular formula is C19H18N4O2. The number of amides is 1. The van der Waals surface area contributed by atoms with Crippen LogP contribution in [0.25, 0.3) is 0 Å². The van der Waals surface area contributed by atoms with E-state index in [1.165, 1.54) is 12.4 Å². The van der Waals surface area contributed by atoms with Gasteiger partial charge in [-0.1, -0.05) is 24.3 Å². The van der Waals surface area contributed by atoms with Crippen molar-refractivity contribution in [1.82, 2.24) is 9.97 Å². The Morgan fingerprint density at radius 3 is 2.60 bits per heavy atom. The number of anilines is 3. The third kappa shape index (κ3) is 4.11. The van der Waals surface area contributed by atoms with E-state index in [0.29, 0.717) is 5.82 Å². The van der Waals surface area contributed by atoms with Gasteiger partial charge in [0.15, 0.2) is 0 Å². The van der Waals surface area contributed by atoms with Gasteiger partial charge in [-0.05, 0) is 30.7 Å². The fourth-order valence-electron chi connectivity index (χ4n) is 2.26. The first kappa shape index (κ1) is 16.4. The van der Waals surface area contributed by atoms with Crippen LogP contribution in [-0.4, -0.2) is 23.0 Å². The topological polar surface area (TPSA) is 76.1 Å². The van der Waals surface area contributed by atoms with Crippen molar-refractivity contribution < 1.29 is 9.53 Å². The molecule has 1 heterocycles. The SMILES string of the molecule is COc1cccc(Nc2cnc(C(=O)Nc3ccccc3C)cn2)c1. The average Bonchev–Trinajstić information content (AvgIpc) is 2.64. The number of benzene rings is 2. The van der Waals surface area contributed by atoms with Gasteiger partial charge in [0, 0.05) is 17.4 Å². The van der Waals surface area contributed by atoms with Crippen molar-refractivity contribution in [1.29, 1.82) is 0 Å². The average molecular weight is 334 g/mol. The first-order chi connectivity index (χ1) is 12.2. The highest BCUT2D eigenvalue weighted by atomic mass is 16.5. The number of rotatable bonds is 5. The van der Waals surface area contributed by atoms with Gasteiger partial charge in [-0.3, -0.25) is 4.79 Å². The number of hydrogen-bond acceptors (Lipinski definition) is 5. The Balaban J connectivity index is 1.69. The van der Waals surface area contributed by atoms with Gasteiger partial charge in [-0.2, -0.15) is 0 Å². The Kier molecular flexibility index (Phi) is 4.89. The van der Waals surface area contributed by atoms with Gasteiger partial charge >= 0.3 is 0 Å². The highest BCUT2D eigenvalue weighted by Crippen LogP contribution is 2.20. The number of nitrogens with zero attached hydrogens (tertiary/aromatic N) is 2. The number of hydrogen-bond donors (Lipinski definition) is 2. The van der Waals surface area contributed by atoms with Crippen LogP contribution in [0, 0.1) is 6.92 Å². The van der Waals surface area contributed by atoms with Crippen LogP contribution in [0.5, 0.6) is 5.75 Å². The Morgan fingerprint density at radius 1 is 1.04 bits per heavy atom. The molecule has 0 aliphatic carbocycles. The number of para-hydroxylation sites is 1. The molecule has 6 heteroatoms. The van der Waals surface area contributed by atoms with Crippen molar-refractivity contribution in [2.75, 3.05) is 17.7 Å². The van der Waals surface area contributed by atoms with Gasteiger partial charge in [0.2, 0.25) is 0 Å². The standard InChI is InChI=1S/C19H18N4O2/c1-13-6-3-4-9-16(13)23-19(24)17-11-21-18(12-20-17)22-14-7-5-8-15(10-14)25-2/h3-12H,1-2H3,(H,21,22)(H,23,24). The molecule has 0 unspecified atom stereocenters. The van der Waals surface area contributed by atoms with Crippen LogP contribution >= 0.6 is 0 Å².